The van der Waals surface area contributed by atoms with Crippen molar-refractivity contribution in [3.8, 4) is 11.4 Å². The maximum atomic E-state index is 13.5. The molecule has 4 rings (SSSR count). The number of nitro groups is 1. The molecule has 0 bridgehead atoms. The van der Waals surface area contributed by atoms with Crippen LogP contribution in [0, 0.1) is 17.0 Å². The van der Waals surface area contributed by atoms with E-state index >= 15 is 0 Å². The zero-order chi connectivity index (χ0) is 24.1. The van der Waals surface area contributed by atoms with Crippen LogP contribution in [0.3, 0.4) is 0 Å². The molecule has 3 aromatic carbocycles. The van der Waals surface area contributed by atoms with E-state index in [9.17, 15) is 14.9 Å². The summed E-state index contributed by atoms with van der Waals surface area (Å²) < 4.78 is 5.43. The highest BCUT2D eigenvalue weighted by Crippen LogP contribution is 2.24. The van der Waals surface area contributed by atoms with Crippen LogP contribution < -0.4 is 0 Å². The number of nitro benzene ring substituents is 1. The SMILES string of the molecule is Cc1ccc(-c2noc(CCN(C(=O)c3cccc([N+](=O)[O-])c3)[C@@H](C)c3ccccc3)n2)cc1. The lowest BCUT2D eigenvalue weighted by atomic mass is 10.0. The maximum Gasteiger partial charge on any atom is 0.270 e. The van der Waals surface area contributed by atoms with Crippen molar-refractivity contribution in [1.82, 2.24) is 15.0 Å². The lowest BCUT2D eigenvalue weighted by molar-refractivity contribution is -0.384. The average molecular weight is 457 g/mol. The molecule has 1 heterocycles. The van der Waals surface area contributed by atoms with Crippen molar-refractivity contribution >= 4 is 11.6 Å². The van der Waals surface area contributed by atoms with Gasteiger partial charge in [-0.15, -0.1) is 0 Å². The van der Waals surface area contributed by atoms with E-state index in [2.05, 4.69) is 10.1 Å². The maximum absolute atomic E-state index is 13.5. The Morgan fingerprint density at radius 3 is 2.50 bits per heavy atom. The van der Waals surface area contributed by atoms with Gasteiger partial charge in [-0.2, -0.15) is 4.98 Å². The molecule has 0 unspecified atom stereocenters. The van der Waals surface area contributed by atoms with Gasteiger partial charge in [-0.25, -0.2) is 0 Å². The van der Waals surface area contributed by atoms with Crippen LogP contribution >= 0.6 is 0 Å². The van der Waals surface area contributed by atoms with Crippen molar-refractivity contribution in [1.29, 1.82) is 0 Å². The summed E-state index contributed by atoms with van der Waals surface area (Å²) in [5.41, 5.74) is 3.06. The zero-order valence-corrected chi connectivity index (χ0v) is 18.9. The van der Waals surface area contributed by atoms with E-state index in [4.69, 9.17) is 4.52 Å². The smallest absolute Gasteiger partial charge is 0.270 e. The fourth-order valence-electron chi connectivity index (χ4n) is 3.69. The van der Waals surface area contributed by atoms with E-state index in [0.29, 0.717) is 24.7 Å². The predicted octanol–water partition coefficient (Wildman–Crippen LogP) is 5.40. The van der Waals surface area contributed by atoms with Crippen LogP contribution in [-0.4, -0.2) is 32.4 Å². The number of nitrogens with zero attached hydrogens (tertiary/aromatic N) is 4. The molecule has 0 N–H and O–H groups in total. The van der Waals surface area contributed by atoms with Gasteiger partial charge in [-0.1, -0.05) is 71.4 Å². The van der Waals surface area contributed by atoms with Crippen LogP contribution in [0.15, 0.2) is 83.4 Å². The monoisotopic (exact) mass is 456 g/mol. The summed E-state index contributed by atoms with van der Waals surface area (Å²) in [7, 11) is 0. The first-order chi connectivity index (χ1) is 16.4. The van der Waals surface area contributed by atoms with Crippen LogP contribution in [0.2, 0.25) is 0 Å². The van der Waals surface area contributed by atoms with Gasteiger partial charge in [-0.05, 0) is 25.5 Å². The lowest BCUT2D eigenvalue weighted by Crippen LogP contribution is -2.35. The van der Waals surface area contributed by atoms with Crippen molar-refractivity contribution in [2.75, 3.05) is 6.54 Å². The van der Waals surface area contributed by atoms with Gasteiger partial charge in [-0.3, -0.25) is 14.9 Å². The summed E-state index contributed by atoms with van der Waals surface area (Å²) in [6.45, 7) is 4.23. The molecule has 0 saturated carbocycles. The Bertz CT molecular complexity index is 1290. The number of hydrogen-bond acceptors (Lipinski definition) is 6. The standard InChI is InChI=1S/C26H24N4O4/c1-18-11-13-21(14-12-18)25-27-24(34-28-25)15-16-29(19(2)20-7-4-3-5-8-20)26(31)22-9-6-10-23(17-22)30(32)33/h3-14,17,19H,15-16H2,1-2H3/t19-/m0/s1. The third kappa shape index (κ3) is 5.17. The molecule has 1 amide bonds. The Morgan fingerprint density at radius 2 is 1.79 bits per heavy atom. The first-order valence-corrected chi connectivity index (χ1v) is 10.9. The van der Waals surface area contributed by atoms with Crippen LogP contribution in [0.4, 0.5) is 5.69 Å². The molecular weight excluding hydrogens is 432 g/mol. The van der Waals surface area contributed by atoms with Crippen LogP contribution in [0.5, 0.6) is 0 Å². The van der Waals surface area contributed by atoms with Gasteiger partial charge in [0.25, 0.3) is 11.6 Å². The first-order valence-electron chi connectivity index (χ1n) is 10.9. The van der Waals surface area contributed by atoms with E-state index < -0.39 is 4.92 Å². The van der Waals surface area contributed by atoms with Crippen molar-refractivity contribution in [3.05, 3.63) is 112 Å². The molecule has 0 spiro atoms. The molecule has 0 aliphatic carbocycles. The molecule has 1 atom stereocenters. The normalized spacial score (nSPS) is 11.7. The van der Waals surface area contributed by atoms with Gasteiger partial charge in [0.15, 0.2) is 0 Å². The molecule has 172 valence electrons. The fourth-order valence-corrected chi connectivity index (χ4v) is 3.69. The van der Waals surface area contributed by atoms with Crippen LogP contribution in [0.1, 0.15) is 40.3 Å². The third-order valence-corrected chi connectivity index (χ3v) is 5.66. The van der Waals surface area contributed by atoms with Crippen molar-refractivity contribution in [3.63, 3.8) is 0 Å². The Balaban J connectivity index is 1.57. The first kappa shape index (κ1) is 22.8. The molecule has 4 aromatic rings. The van der Waals surface area contributed by atoms with Crippen molar-refractivity contribution in [2.45, 2.75) is 26.3 Å². The number of aryl methyl sites for hydroxylation is 1. The molecule has 0 aliphatic rings. The summed E-state index contributed by atoms with van der Waals surface area (Å²) in [5.74, 6) is 0.591. The second-order valence-electron chi connectivity index (χ2n) is 8.02. The molecule has 34 heavy (non-hydrogen) atoms. The minimum atomic E-state index is -0.507. The van der Waals surface area contributed by atoms with Crippen molar-refractivity contribution in [2.24, 2.45) is 0 Å². The van der Waals surface area contributed by atoms with E-state index in [1.165, 1.54) is 18.2 Å². The molecule has 0 aliphatic heterocycles. The molecule has 0 fully saturated rings. The third-order valence-electron chi connectivity index (χ3n) is 5.66. The summed E-state index contributed by atoms with van der Waals surface area (Å²) >= 11 is 0. The van der Waals surface area contributed by atoms with Gasteiger partial charge in [0.05, 0.1) is 11.0 Å². The van der Waals surface area contributed by atoms with Crippen LogP contribution in [-0.2, 0) is 6.42 Å². The topological polar surface area (TPSA) is 102 Å². The van der Waals surface area contributed by atoms with E-state index in [0.717, 1.165) is 16.7 Å². The quantitative estimate of drug-likeness (QED) is 0.260. The van der Waals surface area contributed by atoms with E-state index in [1.807, 2.05) is 68.4 Å². The second kappa shape index (κ2) is 10.1. The van der Waals surface area contributed by atoms with Gasteiger partial charge in [0.2, 0.25) is 11.7 Å². The molecule has 8 nitrogen and oxygen atoms in total. The highest BCUT2D eigenvalue weighted by Gasteiger charge is 2.25. The Morgan fingerprint density at radius 1 is 1.06 bits per heavy atom. The number of benzene rings is 3. The van der Waals surface area contributed by atoms with Gasteiger partial charge >= 0.3 is 0 Å². The minimum Gasteiger partial charge on any atom is -0.339 e. The number of hydrogen-bond donors (Lipinski definition) is 0. The molecule has 8 heteroatoms. The number of amides is 1. The van der Waals surface area contributed by atoms with Gasteiger partial charge < -0.3 is 9.42 Å². The van der Waals surface area contributed by atoms with E-state index in [-0.39, 0.29) is 23.2 Å². The minimum absolute atomic E-state index is 0.127. The fraction of sp³-hybridized carbons (Fsp3) is 0.192. The van der Waals surface area contributed by atoms with Gasteiger partial charge in [0, 0.05) is 36.2 Å². The summed E-state index contributed by atoms with van der Waals surface area (Å²) in [5, 5.41) is 15.3. The Labute approximate surface area is 197 Å². The zero-order valence-electron chi connectivity index (χ0n) is 18.9. The Hall–Kier alpha value is -4.33. The summed E-state index contributed by atoms with van der Waals surface area (Å²) in [6.07, 6.45) is 0.344. The largest absolute Gasteiger partial charge is 0.339 e. The summed E-state index contributed by atoms with van der Waals surface area (Å²) in [6, 6.07) is 22.9. The highest BCUT2D eigenvalue weighted by molar-refractivity contribution is 5.95. The number of carbonyl (C=O) groups excluding carboxylic acids is 1. The average Bonchev–Trinajstić information content (AvgIpc) is 3.34. The molecular formula is C26H24N4O4. The van der Waals surface area contributed by atoms with Crippen LogP contribution in [0.25, 0.3) is 11.4 Å². The van der Waals surface area contributed by atoms with Gasteiger partial charge in [0.1, 0.15) is 0 Å². The summed E-state index contributed by atoms with van der Waals surface area (Å²) in [4.78, 5) is 30.3. The molecule has 0 saturated heterocycles. The second-order valence-corrected chi connectivity index (χ2v) is 8.02. The predicted molar refractivity (Wildman–Crippen MR) is 127 cm³/mol. The number of carbonyl (C=O) groups is 1. The molecule has 1 aromatic heterocycles. The lowest BCUT2D eigenvalue weighted by Gasteiger charge is -2.29. The highest BCUT2D eigenvalue weighted by atomic mass is 16.6. The van der Waals surface area contributed by atoms with Crippen molar-refractivity contribution < 1.29 is 14.2 Å². The number of non-ortho nitro benzene ring substituents is 1. The number of rotatable bonds is 8. The van der Waals surface area contributed by atoms with E-state index in [1.54, 1.807) is 11.0 Å². The molecule has 0 radical (unpaired) electrons. The Kier molecular flexibility index (Phi) is 6.77. The number of aromatic nitrogens is 2.